The molecule has 0 unspecified atom stereocenters. The second kappa shape index (κ2) is 17.8. The fourth-order valence-corrected chi connectivity index (χ4v) is 11.2. The van der Waals surface area contributed by atoms with Crippen molar-refractivity contribution in [2.75, 3.05) is 57.3 Å². The van der Waals surface area contributed by atoms with Gasteiger partial charge in [0.2, 0.25) is 0 Å². The molecule has 3 N–H and O–H groups in total. The molecule has 0 saturated carbocycles. The number of ether oxygens (including phenoxy) is 1. The molecule has 2 saturated heterocycles. The number of nitrogens with zero attached hydrogens (tertiary/aromatic N) is 5. The maximum atomic E-state index is 14.1. The Bertz CT molecular complexity index is 2770. The Hall–Kier alpha value is -5.32. The van der Waals surface area contributed by atoms with Crippen LogP contribution < -0.4 is 14.4 Å². The first-order valence-electron chi connectivity index (χ1n) is 22.5. The van der Waals surface area contributed by atoms with Crippen LogP contribution in [-0.4, -0.2) is 102 Å². The lowest BCUT2D eigenvalue weighted by molar-refractivity contribution is -0.385. The molecule has 1 amide bonds. The third-order valence-electron chi connectivity index (χ3n) is 13.8. The van der Waals surface area contributed by atoms with Crippen LogP contribution >= 0.6 is 11.6 Å². The number of aromatic nitrogens is 2. The summed E-state index contributed by atoms with van der Waals surface area (Å²) in [4.78, 5) is 40.1. The smallest absolute Gasteiger partial charge is 0.274 e. The summed E-state index contributed by atoms with van der Waals surface area (Å²) in [5.74, 6) is -0.390. The molecule has 1 atom stereocenters. The first-order chi connectivity index (χ1) is 31.0. The van der Waals surface area contributed by atoms with Gasteiger partial charge in [0.1, 0.15) is 17.1 Å². The molecule has 0 radical (unpaired) electrons. The number of piperidine rings is 1. The van der Waals surface area contributed by atoms with Crippen molar-refractivity contribution in [3.63, 3.8) is 0 Å². The Kier molecular flexibility index (Phi) is 12.3. The number of sulfonamides is 1. The largest absolute Gasteiger partial charge is 0.455 e. The number of aromatic amines is 1. The summed E-state index contributed by atoms with van der Waals surface area (Å²) in [6, 6.07) is 19.4. The lowest BCUT2D eigenvalue weighted by atomic mass is 9.72. The van der Waals surface area contributed by atoms with E-state index in [-0.39, 0.29) is 33.2 Å². The number of anilines is 1. The van der Waals surface area contributed by atoms with Gasteiger partial charge >= 0.3 is 0 Å². The summed E-state index contributed by atoms with van der Waals surface area (Å²) in [6.07, 6.45) is 8.69. The number of hydrogen-bond donors (Lipinski definition) is 3. The maximum absolute atomic E-state index is 14.1. The van der Waals surface area contributed by atoms with E-state index in [1.165, 1.54) is 29.0 Å². The number of nitrogens with one attached hydrogen (secondary N) is 2. The third-order valence-corrected chi connectivity index (χ3v) is 15.4. The number of halogens is 1. The first kappa shape index (κ1) is 44.9. The van der Waals surface area contributed by atoms with Gasteiger partial charge < -0.3 is 24.6 Å². The SMILES string of the molecule is CC1(C)CCC(CN2CCN(c3ccc(C(=O)NS(=O)(=O)c4cc5c(c([N+](=O)[O-])c4)C[C@H](CN4CCC(C)(O)CC4)C5)c(Oc4cnc5[nH]ccc5c4)c3)CC2)=C(c2ccc(Cl)cc2)C1. The summed E-state index contributed by atoms with van der Waals surface area (Å²) in [5, 5.41) is 24.3. The highest BCUT2D eigenvalue weighted by molar-refractivity contribution is 7.90. The minimum Gasteiger partial charge on any atom is -0.455 e. The number of benzene rings is 3. The number of likely N-dealkylation sites (tertiary alicyclic amines) is 1. The van der Waals surface area contributed by atoms with E-state index in [1.807, 2.05) is 25.1 Å². The summed E-state index contributed by atoms with van der Waals surface area (Å²) >= 11 is 6.25. The Morgan fingerprint density at radius 3 is 2.46 bits per heavy atom. The zero-order chi connectivity index (χ0) is 45.7. The molecule has 9 rings (SSSR count). The van der Waals surface area contributed by atoms with E-state index in [0.29, 0.717) is 54.8 Å². The minimum atomic E-state index is -4.57. The molecule has 16 heteroatoms. The van der Waals surface area contributed by atoms with Crippen molar-refractivity contribution in [1.29, 1.82) is 0 Å². The van der Waals surface area contributed by atoms with Crippen LogP contribution in [0, 0.1) is 21.4 Å². The summed E-state index contributed by atoms with van der Waals surface area (Å²) < 4.78 is 36.6. The molecule has 2 aromatic heterocycles. The van der Waals surface area contributed by atoms with Gasteiger partial charge in [0.05, 0.1) is 27.2 Å². The van der Waals surface area contributed by atoms with Gasteiger partial charge in [-0.25, -0.2) is 18.1 Å². The number of carbonyl (C=O) groups excluding carboxylic acids is 1. The summed E-state index contributed by atoms with van der Waals surface area (Å²) in [6.45, 7) is 12.6. The molecular formula is C49H56ClN7O7S. The number of aliphatic hydroxyl groups is 1. The zero-order valence-electron chi connectivity index (χ0n) is 37.1. The average Bonchev–Trinajstić information content (AvgIpc) is 3.91. The number of fused-ring (bicyclic) bond motifs is 2. The van der Waals surface area contributed by atoms with Crippen LogP contribution in [0.5, 0.6) is 11.5 Å². The normalized spacial score (nSPS) is 20.2. The molecule has 3 aromatic carbocycles. The Morgan fingerprint density at radius 2 is 1.72 bits per heavy atom. The number of hydrogen-bond acceptors (Lipinski definition) is 11. The lowest BCUT2D eigenvalue weighted by Gasteiger charge is -2.39. The van der Waals surface area contributed by atoms with Crippen LogP contribution in [0.3, 0.4) is 0 Å². The van der Waals surface area contributed by atoms with Gasteiger partial charge in [-0.3, -0.25) is 19.8 Å². The number of allylic oxidation sites excluding steroid dienone is 1. The molecule has 65 heavy (non-hydrogen) atoms. The number of pyridine rings is 1. The van der Waals surface area contributed by atoms with Crippen LogP contribution in [0.4, 0.5) is 11.4 Å². The van der Waals surface area contributed by atoms with E-state index < -0.39 is 26.5 Å². The fraction of sp³-hybridized carbons (Fsp3) is 0.429. The summed E-state index contributed by atoms with van der Waals surface area (Å²) in [7, 11) is -4.57. The molecule has 14 nitrogen and oxygen atoms in total. The average molecular weight is 923 g/mol. The maximum Gasteiger partial charge on any atom is 0.274 e. The molecule has 0 bridgehead atoms. The molecule has 342 valence electrons. The topological polar surface area (TPSA) is 174 Å². The van der Waals surface area contributed by atoms with Crippen molar-refractivity contribution in [3.8, 4) is 11.5 Å². The Balaban J connectivity index is 0.932. The van der Waals surface area contributed by atoms with Crippen LogP contribution in [0.15, 0.2) is 89.6 Å². The van der Waals surface area contributed by atoms with Crippen LogP contribution in [-0.2, 0) is 22.9 Å². The van der Waals surface area contributed by atoms with Gasteiger partial charge in [-0.15, -0.1) is 0 Å². The highest BCUT2D eigenvalue weighted by Crippen LogP contribution is 2.44. The monoisotopic (exact) mass is 921 g/mol. The van der Waals surface area contributed by atoms with Crippen molar-refractivity contribution in [2.24, 2.45) is 11.3 Å². The van der Waals surface area contributed by atoms with Crippen LogP contribution in [0.1, 0.15) is 79.9 Å². The van der Waals surface area contributed by atoms with Crippen molar-refractivity contribution >= 4 is 55.5 Å². The van der Waals surface area contributed by atoms with Gasteiger partial charge in [0.25, 0.3) is 21.6 Å². The van der Waals surface area contributed by atoms with Crippen molar-refractivity contribution in [1.82, 2.24) is 24.5 Å². The van der Waals surface area contributed by atoms with Crippen molar-refractivity contribution in [3.05, 3.63) is 122 Å². The number of piperazine rings is 1. The Morgan fingerprint density at radius 1 is 0.969 bits per heavy atom. The quantitative estimate of drug-likeness (QED) is 0.0810. The fourth-order valence-electron chi connectivity index (χ4n) is 10.0. The van der Waals surface area contributed by atoms with Gasteiger partial charge in [-0.2, -0.15) is 0 Å². The number of nitro groups is 1. The van der Waals surface area contributed by atoms with Crippen molar-refractivity contribution in [2.45, 2.75) is 76.2 Å². The number of rotatable bonds is 12. The van der Waals surface area contributed by atoms with Gasteiger partial charge in [-0.1, -0.05) is 43.2 Å². The second-order valence-electron chi connectivity index (χ2n) is 19.4. The molecule has 0 spiro atoms. The highest BCUT2D eigenvalue weighted by Gasteiger charge is 2.36. The molecule has 5 aromatic rings. The van der Waals surface area contributed by atoms with E-state index in [4.69, 9.17) is 16.3 Å². The predicted octanol–water partition coefficient (Wildman–Crippen LogP) is 8.38. The van der Waals surface area contributed by atoms with Crippen molar-refractivity contribution < 1.29 is 28.0 Å². The van der Waals surface area contributed by atoms with E-state index in [9.17, 15) is 28.4 Å². The Labute approximate surface area is 384 Å². The molecule has 2 fully saturated rings. The van der Waals surface area contributed by atoms with Gasteiger partial charge in [0, 0.05) is 92.3 Å². The third kappa shape index (κ3) is 10.1. The molecule has 2 aliphatic carbocycles. The number of nitro benzene ring substituents is 1. The lowest BCUT2D eigenvalue weighted by Crippen LogP contribution is -2.47. The molecular weight excluding hydrogens is 866 g/mol. The predicted molar refractivity (Wildman–Crippen MR) is 252 cm³/mol. The van der Waals surface area contributed by atoms with Crippen LogP contribution in [0.25, 0.3) is 16.6 Å². The molecule has 2 aliphatic heterocycles. The van der Waals surface area contributed by atoms with E-state index in [0.717, 1.165) is 87.2 Å². The molecule has 4 aliphatic rings. The minimum absolute atomic E-state index is 0.0248. The molecule has 4 heterocycles. The van der Waals surface area contributed by atoms with Crippen LogP contribution in [0.2, 0.25) is 5.02 Å². The van der Waals surface area contributed by atoms with E-state index >= 15 is 0 Å². The highest BCUT2D eigenvalue weighted by atomic mass is 35.5. The standard InChI is InChI=1S/C49H56ClN7O7S/c1-48(2)12-10-35(43(28-48)33-4-6-37(50)7-5-33)31-55-18-20-56(21-19-55)38-8-9-41(45(26-38)64-39-24-34-11-15-51-46(34)52-29-39)47(58)53-65(62,63)40-25-36-22-32(23-42(36)44(27-40)57(60)61)30-54-16-13-49(3,59)14-17-54/h4-9,11,15,24-27,29,32,59H,10,12-14,16-23,28,30-31H2,1-3H3,(H,51,52)(H,53,58)/t32-/m1/s1. The number of amides is 1. The number of H-pyrrole nitrogens is 1. The zero-order valence-corrected chi connectivity index (χ0v) is 38.7. The summed E-state index contributed by atoms with van der Waals surface area (Å²) in [5.41, 5.74) is 5.92. The first-order valence-corrected chi connectivity index (χ1v) is 24.3. The van der Waals surface area contributed by atoms with E-state index in [1.54, 1.807) is 30.5 Å². The van der Waals surface area contributed by atoms with E-state index in [2.05, 4.69) is 55.4 Å². The number of carbonyl (C=O) groups is 1. The van der Waals surface area contributed by atoms with Gasteiger partial charge in [-0.05, 0) is 122 Å². The van der Waals surface area contributed by atoms with Gasteiger partial charge in [0.15, 0.2) is 0 Å². The second-order valence-corrected chi connectivity index (χ2v) is 21.5.